The Kier molecular flexibility index (Phi) is 4.45. The van der Waals surface area contributed by atoms with Crippen LogP contribution in [0.3, 0.4) is 0 Å². The first-order chi connectivity index (χ1) is 7.42. The Morgan fingerprint density at radius 2 is 1.80 bits per heavy atom. The quantitative estimate of drug-likeness (QED) is 0.722. The minimum atomic E-state index is 0.363. The predicted octanol–water partition coefficient (Wildman–Crippen LogP) is 2.41. The van der Waals surface area contributed by atoms with E-state index in [4.69, 9.17) is 5.11 Å². The Balaban J connectivity index is 1.81. The molecule has 1 aliphatic carbocycles. The molecule has 0 spiro atoms. The smallest absolute Gasteiger partial charge is 0.0431 e. The zero-order valence-corrected chi connectivity index (χ0v) is 9.83. The van der Waals surface area contributed by atoms with Crippen molar-refractivity contribution in [3.8, 4) is 0 Å². The van der Waals surface area contributed by atoms with E-state index in [1.165, 1.54) is 58.0 Å². The van der Waals surface area contributed by atoms with Crippen molar-refractivity contribution in [2.45, 2.75) is 57.4 Å². The molecule has 88 valence electrons. The minimum absolute atomic E-state index is 0.363. The van der Waals surface area contributed by atoms with Crippen molar-refractivity contribution < 1.29 is 5.11 Å². The van der Waals surface area contributed by atoms with E-state index in [-0.39, 0.29) is 0 Å². The van der Waals surface area contributed by atoms with Gasteiger partial charge < -0.3 is 10.0 Å². The summed E-state index contributed by atoms with van der Waals surface area (Å²) in [5.41, 5.74) is 0. The summed E-state index contributed by atoms with van der Waals surface area (Å²) in [5.74, 6) is 1.00. The third kappa shape index (κ3) is 2.94. The van der Waals surface area contributed by atoms with Gasteiger partial charge in [0.1, 0.15) is 0 Å². The number of rotatable bonds is 4. The van der Waals surface area contributed by atoms with Crippen LogP contribution in [0.25, 0.3) is 0 Å². The summed E-state index contributed by atoms with van der Waals surface area (Å²) >= 11 is 0. The third-order valence-corrected chi connectivity index (χ3v) is 4.21. The van der Waals surface area contributed by atoms with Gasteiger partial charge in [0.2, 0.25) is 0 Å². The Bertz CT molecular complexity index is 181. The van der Waals surface area contributed by atoms with Gasteiger partial charge in [-0.3, -0.25) is 0 Å². The van der Waals surface area contributed by atoms with Crippen molar-refractivity contribution in [1.82, 2.24) is 4.90 Å². The van der Waals surface area contributed by atoms with Crippen molar-refractivity contribution in [3.05, 3.63) is 0 Å². The number of hydrogen-bond donors (Lipinski definition) is 1. The lowest BCUT2D eigenvalue weighted by Crippen LogP contribution is -2.47. The summed E-state index contributed by atoms with van der Waals surface area (Å²) < 4.78 is 0. The van der Waals surface area contributed by atoms with Gasteiger partial charge in [-0.25, -0.2) is 0 Å². The number of nitrogens with zero attached hydrogens (tertiary/aromatic N) is 1. The molecule has 0 aromatic heterocycles. The molecule has 1 saturated heterocycles. The van der Waals surface area contributed by atoms with Crippen LogP contribution in [0.5, 0.6) is 0 Å². The van der Waals surface area contributed by atoms with E-state index in [1.807, 2.05) is 0 Å². The van der Waals surface area contributed by atoms with Crippen molar-refractivity contribution in [3.63, 3.8) is 0 Å². The highest BCUT2D eigenvalue weighted by molar-refractivity contribution is 4.87. The molecule has 0 aromatic rings. The maximum absolute atomic E-state index is 8.81. The topological polar surface area (TPSA) is 23.5 Å². The van der Waals surface area contributed by atoms with Gasteiger partial charge in [-0.15, -0.1) is 0 Å². The first-order valence-electron chi connectivity index (χ1n) is 6.76. The monoisotopic (exact) mass is 211 g/mol. The Hall–Kier alpha value is -0.0800. The molecule has 2 aliphatic rings. The number of aliphatic hydroxyl groups excluding tert-OH is 1. The highest BCUT2D eigenvalue weighted by atomic mass is 16.2. The van der Waals surface area contributed by atoms with Crippen LogP contribution in [-0.4, -0.2) is 35.7 Å². The van der Waals surface area contributed by atoms with Gasteiger partial charge in [-0.2, -0.15) is 0 Å². The normalized spacial score (nSPS) is 32.6. The first kappa shape index (κ1) is 11.4. The van der Waals surface area contributed by atoms with E-state index in [0.29, 0.717) is 6.61 Å². The standard InChI is InChI=1S/C13H25NO/c15-11-4-3-9-14-10-5-7-12-6-1-2-8-13(12)14/h12-13,15H,1-11H2. The molecule has 1 aliphatic heterocycles. The first-order valence-corrected chi connectivity index (χ1v) is 6.76. The summed E-state index contributed by atoms with van der Waals surface area (Å²) in [6, 6.07) is 0.895. The molecule has 2 atom stereocenters. The fourth-order valence-electron chi connectivity index (χ4n) is 3.43. The molecular formula is C13H25NO. The molecule has 0 bridgehead atoms. The van der Waals surface area contributed by atoms with Crippen LogP contribution in [0, 0.1) is 5.92 Å². The molecule has 1 saturated carbocycles. The van der Waals surface area contributed by atoms with E-state index in [0.717, 1.165) is 18.4 Å². The molecule has 2 nitrogen and oxygen atoms in total. The summed E-state index contributed by atoms with van der Waals surface area (Å²) in [4.78, 5) is 2.71. The molecule has 2 fully saturated rings. The fourth-order valence-corrected chi connectivity index (χ4v) is 3.43. The van der Waals surface area contributed by atoms with Crippen molar-refractivity contribution in [2.24, 2.45) is 5.92 Å². The molecule has 0 radical (unpaired) electrons. The van der Waals surface area contributed by atoms with Crippen LogP contribution in [-0.2, 0) is 0 Å². The van der Waals surface area contributed by atoms with E-state index >= 15 is 0 Å². The van der Waals surface area contributed by atoms with E-state index < -0.39 is 0 Å². The van der Waals surface area contributed by atoms with Crippen LogP contribution >= 0.6 is 0 Å². The fraction of sp³-hybridized carbons (Fsp3) is 1.00. The molecule has 2 rings (SSSR count). The summed E-state index contributed by atoms with van der Waals surface area (Å²) in [6.45, 7) is 2.90. The molecule has 2 unspecified atom stereocenters. The summed E-state index contributed by atoms with van der Waals surface area (Å²) in [6.07, 6.45) is 10.9. The van der Waals surface area contributed by atoms with E-state index in [1.54, 1.807) is 0 Å². The molecule has 1 heterocycles. The van der Waals surface area contributed by atoms with Crippen molar-refractivity contribution in [1.29, 1.82) is 0 Å². The maximum Gasteiger partial charge on any atom is 0.0431 e. The SMILES string of the molecule is OCCCCN1CCCC2CCCCC21. The predicted molar refractivity (Wildman–Crippen MR) is 62.9 cm³/mol. The second-order valence-corrected chi connectivity index (χ2v) is 5.22. The lowest BCUT2D eigenvalue weighted by atomic mass is 9.78. The summed E-state index contributed by atoms with van der Waals surface area (Å²) in [7, 11) is 0. The molecule has 0 amide bonds. The average molecular weight is 211 g/mol. The third-order valence-electron chi connectivity index (χ3n) is 4.21. The minimum Gasteiger partial charge on any atom is -0.396 e. The van der Waals surface area contributed by atoms with Gasteiger partial charge in [-0.05, 0) is 57.5 Å². The second kappa shape index (κ2) is 5.86. The van der Waals surface area contributed by atoms with E-state index in [9.17, 15) is 0 Å². The van der Waals surface area contributed by atoms with Gasteiger partial charge in [0.15, 0.2) is 0 Å². The van der Waals surface area contributed by atoms with Crippen LogP contribution in [0.2, 0.25) is 0 Å². The molecule has 0 aromatic carbocycles. The zero-order valence-electron chi connectivity index (χ0n) is 9.83. The number of likely N-dealkylation sites (tertiary alicyclic amines) is 1. The number of hydrogen-bond acceptors (Lipinski definition) is 2. The van der Waals surface area contributed by atoms with Gasteiger partial charge in [-0.1, -0.05) is 12.8 Å². The average Bonchev–Trinajstić information content (AvgIpc) is 2.30. The number of piperidine rings is 1. The second-order valence-electron chi connectivity index (χ2n) is 5.22. The van der Waals surface area contributed by atoms with Crippen LogP contribution in [0.4, 0.5) is 0 Å². The lowest BCUT2D eigenvalue weighted by molar-refractivity contribution is 0.0585. The number of fused-ring (bicyclic) bond motifs is 1. The maximum atomic E-state index is 8.81. The zero-order chi connectivity index (χ0) is 10.5. The Morgan fingerprint density at radius 3 is 2.67 bits per heavy atom. The number of aliphatic hydroxyl groups is 1. The van der Waals surface area contributed by atoms with Crippen molar-refractivity contribution in [2.75, 3.05) is 19.7 Å². The molecule has 1 N–H and O–H groups in total. The molecular weight excluding hydrogens is 186 g/mol. The number of unbranched alkanes of at least 4 members (excludes halogenated alkanes) is 1. The lowest BCUT2D eigenvalue weighted by Gasteiger charge is -2.44. The highest BCUT2D eigenvalue weighted by Crippen LogP contribution is 2.35. The van der Waals surface area contributed by atoms with Gasteiger partial charge in [0.05, 0.1) is 0 Å². The van der Waals surface area contributed by atoms with Gasteiger partial charge in [0.25, 0.3) is 0 Å². The Labute approximate surface area is 93.7 Å². The van der Waals surface area contributed by atoms with Gasteiger partial charge in [0, 0.05) is 12.6 Å². The Morgan fingerprint density at radius 1 is 1.00 bits per heavy atom. The van der Waals surface area contributed by atoms with Gasteiger partial charge >= 0.3 is 0 Å². The largest absolute Gasteiger partial charge is 0.396 e. The molecule has 15 heavy (non-hydrogen) atoms. The summed E-state index contributed by atoms with van der Waals surface area (Å²) in [5, 5.41) is 8.81. The van der Waals surface area contributed by atoms with Crippen molar-refractivity contribution >= 4 is 0 Å². The van der Waals surface area contributed by atoms with Crippen LogP contribution in [0.15, 0.2) is 0 Å². The van der Waals surface area contributed by atoms with E-state index in [2.05, 4.69) is 4.90 Å². The van der Waals surface area contributed by atoms with Crippen LogP contribution < -0.4 is 0 Å². The molecule has 2 heteroatoms. The van der Waals surface area contributed by atoms with Crippen LogP contribution in [0.1, 0.15) is 51.4 Å². The highest BCUT2D eigenvalue weighted by Gasteiger charge is 2.32.